The van der Waals surface area contributed by atoms with Crippen molar-refractivity contribution in [3.8, 4) is 11.5 Å². The molecule has 0 saturated carbocycles. The molecule has 1 N–H and O–H groups in total. The average Bonchev–Trinajstić information content (AvgIpc) is 3.43. The molecule has 0 amide bonds. The summed E-state index contributed by atoms with van der Waals surface area (Å²) in [5, 5.41) is 4.43. The van der Waals surface area contributed by atoms with Crippen molar-refractivity contribution < 1.29 is 18.3 Å². The minimum atomic E-state index is -2.62. The first-order valence-electron chi connectivity index (χ1n) is 14.2. The molecular weight excluding hydrogens is 490 g/mol. The first-order valence-corrected chi connectivity index (χ1v) is 14.2. The number of rotatable bonds is 10. The van der Waals surface area contributed by atoms with Gasteiger partial charge in [0.15, 0.2) is 11.5 Å². The maximum atomic E-state index is 13.8. The van der Waals surface area contributed by atoms with Gasteiger partial charge in [-0.25, -0.2) is 13.8 Å². The van der Waals surface area contributed by atoms with Gasteiger partial charge in [0, 0.05) is 50.5 Å². The molecule has 0 bridgehead atoms. The van der Waals surface area contributed by atoms with Crippen LogP contribution >= 0.6 is 0 Å². The standard InChI is InChI=1S/C28H42F2N6O2/c1-34-13-6-21(7-14-34)20-31-26-22-18-24(37-2)25(38-17-5-12-35-10-3-4-11-35)19-23(22)32-27(33-26)36-15-8-28(29,30)9-16-36/h18-19,21H,3-17,20H2,1-2H3,(H,31,32,33). The van der Waals surface area contributed by atoms with Gasteiger partial charge in [0.25, 0.3) is 5.92 Å². The van der Waals surface area contributed by atoms with E-state index in [2.05, 4.69) is 22.2 Å². The van der Waals surface area contributed by atoms with E-state index in [0.717, 1.165) is 62.2 Å². The summed E-state index contributed by atoms with van der Waals surface area (Å²) in [6, 6.07) is 3.85. The van der Waals surface area contributed by atoms with E-state index >= 15 is 0 Å². The van der Waals surface area contributed by atoms with Crippen molar-refractivity contribution in [1.29, 1.82) is 0 Å². The van der Waals surface area contributed by atoms with Crippen molar-refractivity contribution in [2.75, 3.05) is 83.3 Å². The molecule has 2 aromatic rings. The monoisotopic (exact) mass is 532 g/mol. The number of benzene rings is 1. The van der Waals surface area contributed by atoms with Crippen molar-refractivity contribution in [3.63, 3.8) is 0 Å². The average molecular weight is 533 g/mol. The lowest BCUT2D eigenvalue weighted by Gasteiger charge is -2.32. The molecule has 0 radical (unpaired) electrons. The van der Waals surface area contributed by atoms with Crippen molar-refractivity contribution in [1.82, 2.24) is 19.8 Å². The molecule has 8 nitrogen and oxygen atoms in total. The molecule has 4 heterocycles. The van der Waals surface area contributed by atoms with E-state index in [-0.39, 0.29) is 25.9 Å². The lowest BCUT2D eigenvalue weighted by Crippen LogP contribution is -2.40. The number of hydrogen-bond acceptors (Lipinski definition) is 8. The van der Waals surface area contributed by atoms with Gasteiger partial charge in [-0.2, -0.15) is 4.98 Å². The van der Waals surface area contributed by atoms with Gasteiger partial charge in [-0.1, -0.05) is 0 Å². The van der Waals surface area contributed by atoms with Gasteiger partial charge in [0.1, 0.15) is 5.82 Å². The minimum Gasteiger partial charge on any atom is -0.493 e. The summed E-state index contributed by atoms with van der Waals surface area (Å²) in [5.41, 5.74) is 0.730. The molecule has 3 aliphatic rings. The first kappa shape index (κ1) is 27.1. The SMILES string of the molecule is COc1cc2c(NCC3CCN(C)CC3)nc(N3CCC(F)(F)CC3)nc2cc1OCCCN1CCCC1. The second-order valence-electron chi connectivity index (χ2n) is 11.1. The van der Waals surface area contributed by atoms with Crippen LogP contribution in [0.25, 0.3) is 10.9 Å². The number of piperidine rings is 2. The predicted molar refractivity (Wildman–Crippen MR) is 147 cm³/mol. The summed E-state index contributed by atoms with van der Waals surface area (Å²) in [5.74, 6) is 0.455. The second kappa shape index (κ2) is 12.2. The Kier molecular flexibility index (Phi) is 8.67. The maximum Gasteiger partial charge on any atom is 0.251 e. The summed E-state index contributed by atoms with van der Waals surface area (Å²) >= 11 is 0. The molecule has 3 aliphatic heterocycles. The third-order valence-corrected chi connectivity index (χ3v) is 8.22. The van der Waals surface area contributed by atoms with Crippen LogP contribution in [0.4, 0.5) is 20.5 Å². The Bertz CT molecular complexity index is 1060. The maximum absolute atomic E-state index is 13.8. The van der Waals surface area contributed by atoms with E-state index in [1.807, 2.05) is 17.0 Å². The fourth-order valence-electron chi connectivity index (χ4n) is 5.69. The Labute approximate surface area is 224 Å². The molecule has 1 aromatic heterocycles. The smallest absolute Gasteiger partial charge is 0.251 e. The van der Waals surface area contributed by atoms with Gasteiger partial charge in [-0.15, -0.1) is 0 Å². The summed E-state index contributed by atoms with van der Waals surface area (Å²) < 4.78 is 39.6. The molecule has 0 spiro atoms. The van der Waals surface area contributed by atoms with Crippen molar-refractivity contribution in [2.45, 2.75) is 50.9 Å². The number of ether oxygens (including phenoxy) is 2. The summed E-state index contributed by atoms with van der Waals surface area (Å²) in [4.78, 5) is 16.4. The van der Waals surface area contributed by atoms with Crippen LogP contribution in [-0.2, 0) is 0 Å². The van der Waals surface area contributed by atoms with Crippen molar-refractivity contribution in [3.05, 3.63) is 12.1 Å². The Morgan fingerprint density at radius 3 is 2.45 bits per heavy atom. The molecule has 1 aromatic carbocycles. The zero-order chi connectivity index (χ0) is 26.5. The van der Waals surface area contributed by atoms with Crippen LogP contribution in [0.3, 0.4) is 0 Å². The predicted octanol–water partition coefficient (Wildman–Crippen LogP) is 4.49. The highest BCUT2D eigenvalue weighted by Gasteiger charge is 2.35. The minimum absolute atomic E-state index is 0.180. The molecule has 210 valence electrons. The van der Waals surface area contributed by atoms with Crippen LogP contribution in [0, 0.1) is 5.92 Å². The molecule has 10 heteroatoms. The molecule has 0 atom stereocenters. The number of aromatic nitrogens is 2. The normalized spacial score (nSPS) is 21.2. The van der Waals surface area contributed by atoms with Gasteiger partial charge in [0.2, 0.25) is 5.95 Å². The highest BCUT2D eigenvalue weighted by Crippen LogP contribution is 2.37. The molecule has 3 fully saturated rings. The van der Waals surface area contributed by atoms with Gasteiger partial charge in [0.05, 0.1) is 19.2 Å². The Hall–Kier alpha value is -2.46. The number of anilines is 2. The molecule has 3 saturated heterocycles. The van der Waals surface area contributed by atoms with Gasteiger partial charge in [-0.05, 0) is 77.3 Å². The first-order chi connectivity index (χ1) is 18.4. The molecule has 38 heavy (non-hydrogen) atoms. The second-order valence-corrected chi connectivity index (χ2v) is 11.1. The number of halogens is 2. The number of hydrogen-bond donors (Lipinski definition) is 1. The zero-order valence-corrected chi connectivity index (χ0v) is 22.9. The van der Waals surface area contributed by atoms with E-state index in [9.17, 15) is 8.78 Å². The third-order valence-electron chi connectivity index (χ3n) is 8.22. The quantitative estimate of drug-likeness (QED) is 0.449. The van der Waals surface area contributed by atoms with E-state index < -0.39 is 5.92 Å². The van der Waals surface area contributed by atoms with Crippen LogP contribution in [0.1, 0.15) is 44.9 Å². The molecule has 0 unspecified atom stereocenters. The number of alkyl halides is 2. The number of nitrogens with zero attached hydrogens (tertiary/aromatic N) is 5. The highest BCUT2D eigenvalue weighted by atomic mass is 19.3. The Balaban J connectivity index is 1.37. The largest absolute Gasteiger partial charge is 0.493 e. The van der Waals surface area contributed by atoms with Crippen LogP contribution in [0.2, 0.25) is 0 Å². The fourth-order valence-corrected chi connectivity index (χ4v) is 5.69. The van der Waals surface area contributed by atoms with Crippen molar-refractivity contribution in [2.24, 2.45) is 5.92 Å². The number of fused-ring (bicyclic) bond motifs is 1. The topological polar surface area (TPSA) is 66.0 Å². The summed E-state index contributed by atoms with van der Waals surface area (Å²) in [6.45, 7) is 7.46. The lowest BCUT2D eigenvalue weighted by atomic mass is 9.97. The van der Waals surface area contributed by atoms with E-state index in [1.165, 1.54) is 25.9 Å². The summed E-state index contributed by atoms with van der Waals surface area (Å²) in [7, 11) is 3.81. The van der Waals surface area contributed by atoms with Crippen LogP contribution in [-0.4, -0.2) is 98.8 Å². The highest BCUT2D eigenvalue weighted by molar-refractivity contribution is 5.92. The summed E-state index contributed by atoms with van der Waals surface area (Å²) in [6.07, 6.45) is 5.43. The molecular formula is C28H42F2N6O2. The fraction of sp³-hybridized carbons (Fsp3) is 0.714. The van der Waals surface area contributed by atoms with Crippen LogP contribution in [0.15, 0.2) is 12.1 Å². The van der Waals surface area contributed by atoms with Crippen LogP contribution in [0.5, 0.6) is 11.5 Å². The van der Waals surface area contributed by atoms with Gasteiger partial charge in [-0.3, -0.25) is 0 Å². The molecule has 0 aliphatic carbocycles. The lowest BCUT2D eigenvalue weighted by molar-refractivity contribution is -0.0222. The van der Waals surface area contributed by atoms with Gasteiger partial charge >= 0.3 is 0 Å². The van der Waals surface area contributed by atoms with E-state index in [1.54, 1.807) is 7.11 Å². The molecule has 5 rings (SSSR count). The Morgan fingerprint density at radius 2 is 1.74 bits per heavy atom. The van der Waals surface area contributed by atoms with Crippen LogP contribution < -0.4 is 19.7 Å². The van der Waals surface area contributed by atoms with Gasteiger partial charge < -0.3 is 29.5 Å². The number of nitrogens with one attached hydrogen (secondary N) is 1. The number of methoxy groups -OCH3 is 1. The number of likely N-dealkylation sites (tertiary alicyclic amines) is 2. The Morgan fingerprint density at radius 1 is 1.00 bits per heavy atom. The zero-order valence-electron chi connectivity index (χ0n) is 22.9. The third kappa shape index (κ3) is 6.75. The van der Waals surface area contributed by atoms with E-state index in [4.69, 9.17) is 19.4 Å². The van der Waals surface area contributed by atoms with Crippen molar-refractivity contribution >= 4 is 22.7 Å². The van der Waals surface area contributed by atoms with E-state index in [0.29, 0.717) is 30.0 Å².